The molecule has 1 aromatic heterocycles. The Hall–Kier alpha value is -2.56. The zero-order valence-corrected chi connectivity index (χ0v) is 16.5. The van der Waals surface area contributed by atoms with Crippen LogP contribution in [0.1, 0.15) is 48.9 Å². The van der Waals surface area contributed by atoms with Crippen LogP contribution in [0.5, 0.6) is 0 Å². The highest BCUT2D eigenvalue weighted by molar-refractivity contribution is 5.94. The van der Waals surface area contributed by atoms with Crippen LogP contribution in [-0.4, -0.2) is 48.0 Å². The summed E-state index contributed by atoms with van der Waals surface area (Å²) >= 11 is 0. The summed E-state index contributed by atoms with van der Waals surface area (Å²) in [6, 6.07) is 14.8. The van der Waals surface area contributed by atoms with E-state index < -0.39 is 0 Å². The van der Waals surface area contributed by atoms with E-state index in [1.54, 1.807) is 6.20 Å². The number of anilines is 2. The lowest BCUT2D eigenvalue weighted by Gasteiger charge is -2.36. The first-order valence-corrected chi connectivity index (χ1v) is 10.6. The van der Waals surface area contributed by atoms with E-state index in [1.165, 1.54) is 44.2 Å². The van der Waals surface area contributed by atoms with Gasteiger partial charge in [-0.15, -0.1) is 0 Å². The lowest BCUT2D eigenvalue weighted by molar-refractivity contribution is 0.0746. The molecule has 0 spiro atoms. The minimum absolute atomic E-state index is 0.0845. The molecule has 5 nitrogen and oxygen atoms in total. The average Bonchev–Trinajstić information content (AvgIpc) is 3.03. The fourth-order valence-corrected chi connectivity index (χ4v) is 4.23. The first-order chi connectivity index (χ1) is 13.8. The molecule has 28 heavy (non-hydrogen) atoms. The van der Waals surface area contributed by atoms with Gasteiger partial charge in [0.1, 0.15) is 5.82 Å². The van der Waals surface area contributed by atoms with Gasteiger partial charge >= 0.3 is 0 Å². The fraction of sp³-hybridized carbons (Fsp3) is 0.478. The molecular weight excluding hydrogens is 348 g/mol. The molecule has 1 aliphatic heterocycles. The third-order valence-corrected chi connectivity index (χ3v) is 5.91. The minimum Gasteiger partial charge on any atom is -0.368 e. The van der Waals surface area contributed by atoms with Gasteiger partial charge in [0.15, 0.2) is 0 Å². The van der Waals surface area contributed by atoms with Crippen molar-refractivity contribution in [3.05, 3.63) is 54.2 Å². The van der Waals surface area contributed by atoms with Gasteiger partial charge in [0.05, 0.1) is 5.56 Å². The molecule has 2 heterocycles. The molecular formula is C23H30N4O. The van der Waals surface area contributed by atoms with Crippen molar-refractivity contribution in [3.8, 4) is 0 Å². The van der Waals surface area contributed by atoms with Crippen molar-refractivity contribution in [2.75, 3.05) is 36.4 Å². The summed E-state index contributed by atoms with van der Waals surface area (Å²) in [6.07, 6.45) is 9.44. The lowest BCUT2D eigenvalue weighted by Crippen LogP contribution is -2.48. The number of piperazine rings is 1. The van der Waals surface area contributed by atoms with Crippen molar-refractivity contribution in [1.82, 2.24) is 9.88 Å². The van der Waals surface area contributed by atoms with Crippen LogP contribution < -0.4 is 10.2 Å². The van der Waals surface area contributed by atoms with E-state index in [2.05, 4.69) is 39.5 Å². The van der Waals surface area contributed by atoms with Gasteiger partial charge in [0.25, 0.3) is 5.91 Å². The van der Waals surface area contributed by atoms with Crippen molar-refractivity contribution in [2.45, 2.75) is 44.6 Å². The Labute approximate surface area is 167 Å². The van der Waals surface area contributed by atoms with Gasteiger partial charge in [-0.25, -0.2) is 4.98 Å². The molecule has 5 heteroatoms. The average molecular weight is 379 g/mol. The second kappa shape index (κ2) is 9.09. The molecule has 2 fully saturated rings. The summed E-state index contributed by atoms with van der Waals surface area (Å²) in [5, 5.41) is 3.55. The number of pyridine rings is 1. The smallest absolute Gasteiger partial charge is 0.255 e. The predicted octanol–water partition coefficient (Wildman–Crippen LogP) is 4.18. The highest BCUT2D eigenvalue weighted by Gasteiger charge is 2.22. The van der Waals surface area contributed by atoms with Crippen LogP contribution in [0.2, 0.25) is 0 Å². The van der Waals surface area contributed by atoms with Crippen LogP contribution >= 0.6 is 0 Å². The van der Waals surface area contributed by atoms with Crippen LogP contribution in [0, 0.1) is 0 Å². The maximum atomic E-state index is 12.8. The van der Waals surface area contributed by atoms with Crippen molar-refractivity contribution in [1.29, 1.82) is 0 Å². The van der Waals surface area contributed by atoms with E-state index in [1.807, 2.05) is 23.1 Å². The van der Waals surface area contributed by atoms with Crippen molar-refractivity contribution >= 4 is 17.4 Å². The first kappa shape index (κ1) is 18.8. The predicted molar refractivity (Wildman–Crippen MR) is 114 cm³/mol. The SMILES string of the molecule is O=C(c1ccc(NC2CCCCCC2)nc1)N1CCN(c2ccccc2)CC1. The Morgan fingerprint density at radius 2 is 1.61 bits per heavy atom. The van der Waals surface area contributed by atoms with Gasteiger partial charge in [-0.05, 0) is 37.1 Å². The van der Waals surface area contributed by atoms with Crippen molar-refractivity contribution in [3.63, 3.8) is 0 Å². The van der Waals surface area contributed by atoms with E-state index in [4.69, 9.17) is 0 Å². The van der Waals surface area contributed by atoms with Crippen LogP contribution in [0.25, 0.3) is 0 Å². The van der Waals surface area contributed by atoms with Crippen molar-refractivity contribution < 1.29 is 4.79 Å². The Balaban J connectivity index is 1.31. The number of rotatable bonds is 4. The van der Waals surface area contributed by atoms with Crippen LogP contribution in [0.15, 0.2) is 48.7 Å². The summed E-state index contributed by atoms with van der Waals surface area (Å²) in [5.41, 5.74) is 1.91. The molecule has 1 saturated carbocycles. The zero-order valence-electron chi connectivity index (χ0n) is 16.5. The number of hydrogen-bond acceptors (Lipinski definition) is 4. The molecule has 2 aromatic rings. The summed E-state index contributed by atoms with van der Waals surface area (Å²) in [6.45, 7) is 3.22. The molecule has 148 valence electrons. The summed E-state index contributed by atoms with van der Waals surface area (Å²) < 4.78 is 0. The minimum atomic E-state index is 0.0845. The monoisotopic (exact) mass is 378 g/mol. The number of carbonyl (C=O) groups is 1. The molecule has 0 atom stereocenters. The topological polar surface area (TPSA) is 48.5 Å². The molecule has 1 amide bonds. The normalized spacial score (nSPS) is 18.6. The fourth-order valence-electron chi connectivity index (χ4n) is 4.23. The number of nitrogens with zero attached hydrogens (tertiary/aromatic N) is 3. The maximum Gasteiger partial charge on any atom is 0.255 e. The van der Waals surface area contributed by atoms with Gasteiger partial charge < -0.3 is 15.1 Å². The molecule has 4 rings (SSSR count). The van der Waals surface area contributed by atoms with Gasteiger partial charge in [-0.2, -0.15) is 0 Å². The Morgan fingerprint density at radius 1 is 0.893 bits per heavy atom. The van der Waals surface area contributed by atoms with Gasteiger partial charge in [-0.1, -0.05) is 43.9 Å². The number of hydrogen-bond donors (Lipinski definition) is 1. The number of benzene rings is 1. The third-order valence-electron chi connectivity index (χ3n) is 5.91. The van der Waals surface area contributed by atoms with E-state index >= 15 is 0 Å². The van der Waals surface area contributed by atoms with E-state index in [9.17, 15) is 4.79 Å². The third kappa shape index (κ3) is 4.64. The maximum absolute atomic E-state index is 12.8. The van der Waals surface area contributed by atoms with Gasteiger partial charge in [0.2, 0.25) is 0 Å². The summed E-state index contributed by atoms with van der Waals surface area (Å²) in [5.74, 6) is 0.971. The second-order valence-electron chi connectivity index (χ2n) is 7.88. The van der Waals surface area contributed by atoms with E-state index in [-0.39, 0.29) is 5.91 Å². The van der Waals surface area contributed by atoms with Crippen molar-refractivity contribution in [2.24, 2.45) is 0 Å². The number of para-hydroxylation sites is 1. The van der Waals surface area contributed by atoms with Gasteiger partial charge in [-0.3, -0.25) is 4.79 Å². The zero-order chi connectivity index (χ0) is 19.2. The van der Waals surface area contributed by atoms with Gasteiger partial charge in [0, 0.05) is 44.1 Å². The van der Waals surface area contributed by atoms with Crippen LogP contribution in [-0.2, 0) is 0 Å². The Bertz CT molecular complexity index is 746. The molecule has 1 saturated heterocycles. The molecule has 0 bridgehead atoms. The number of aromatic nitrogens is 1. The quantitative estimate of drug-likeness (QED) is 0.811. The molecule has 0 radical (unpaired) electrons. The molecule has 0 unspecified atom stereocenters. The van der Waals surface area contributed by atoms with E-state index in [0.717, 1.165) is 32.0 Å². The highest BCUT2D eigenvalue weighted by atomic mass is 16.2. The highest BCUT2D eigenvalue weighted by Crippen LogP contribution is 2.21. The van der Waals surface area contributed by atoms with Crippen LogP contribution in [0.4, 0.5) is 11.5 Å². The Morgan fingerprint density at radius 3 is 2.25 bits per heavy atom. The molecule has 1 aromatic carbocycles. The largest absolute Gasteiger partial charge is 0.368 e. The standard InChI is InChI=1S/C23H30N4O/c28-23(27-16-14-26(15-17-27)21-10-6-3-7-11-21)19-12-13-22(24-18-19)25-20-8-4-1-2-5-9-20/h3,6-7,10-13,18,20H,1-2,4-5,8-9,14-17H2,(H,24,25). The van der Waals surface area contributed by atoms with Crippen LogP contribution in [0.3, 0.4) is 0 Å². The molecule has 1 aliphatic carbocycles. The molecule has 2 aliphatic rings. The number of amides is 1. The number of carbonyl (C=O) groups excluding carboxylic acids is 1. The molecule has 1 N–H and O–H groups in total. The first-order valence-electron chi connectivity index (χ1n) is 10.6. The second-order valence-corrected chi connectivity index (χ2v) is 7.88. The van der Waals surface area contributed by atoms with E-state index in [0.29, 0.717) is 11.6 Å². The summed E-state index contributed by atoms with van der Waals surface area (Å²) in [7, 11) is 0. The Kier molecular flexibility index (Phi) is 6.10. The lowest BCUT2D eigenvalue weighted by atomic mass is 10.1. The number of nitrogens with one attached hydrogen (secondary N) is 1. The summed E-state index contributed by atoms with van der Waals surface area (Å²) in [4.78, 5) is 21.6.